The molecule has 0 saturated carbocycles. The first-order chi connectivity index (χ1) is 16.7. The van der Waals surface area contributed by atoms with Gasteiger partial charge >= 0.3 is 23.9 Å². The van der Waals surface area contributed by atoms with Gasteiger partial charge in [-0.2, -0.15) is 34.8 Å². The van der Waals surface area contributed by atoms with E-state index in [0.717, 1.165) is 13.8 Å². The van der Waals surface area contributed by atoms with Gasteiger partial charge in [0.25, 0.3) is 10.1 Å². The predicted molar refractivity (Wildman–Crippen MR) is 128 cm³/mol. The summed E-state index contributed by atoms with van der Waals surface area (Å²) in [4.78, 5) is 36.9. The molecule has 3 N–H and O–H groups in total. The van der Waals surface area contributed by atoms with Crippen molar-refractivity contribution in [1.82, 2.24) is 0 Å². The molecule has 0 aromatic heterocycles. The molecule has 0 saturated heterocycles. The van der Waals surface area contributed by atoms with Crippen molar-refractivity contribution in [2.75, 3.05) is 16.4 Å². The zero-order valence-electron chi connectivity index (χ0n) is 20.4. The molecule has 19 heteroatoms. The van der Waals surface area contributed by atoms with Crippen LogP contribution in [0.1, 0.15) is 40.9 Å². The van der Waals surface area contributed by atoms with Crippen LogP contribution in [0, 0.1) is 0 Å². The first-order valence-corrected chi connectivity index (χ1v) is 12.4. The third kappa shape index (κ3) is 7.00. The Kier molecular flexibility index (Phi) is 9.94. The first kappa shape index (κ1) is 32.3. The molecule has 0 atom stereocenters. The van der Waals surface area contributed by atoms with E-state index < -0.39 is 57.2 Å². The smallest absolute Gasteiger partial charge is 0.435 e. The van der Waals surface area contributed by atoms with Crippen molar-refractivity contribution in [2.45, 2.75) is 50.8 Å². The van der Waals surface area contributed by atoms with Gasteiger partial charge < -0.3 is 15.4 Å². The van der Waals surface area contributed by atoms with Gasteiger partial charge in [0.1, 0.15) is 29.3 Å². The molecule has 2 amide bonds. The molecule has 0 aliphatic carbocycles. The predicted octanol–water partition coefficient (Wildman–Crippen LogP) is -0.0893. The van der Waals surface area contributed by atoms with Crippen LogP contribution in [0.25, 0.3) is 0 Å². The van der Waals surface area contributed by atoms with Gasteiger partial charge in [-0.15, -0.1) is 0 Å². The van der Waals surface area contributed by atoms with E-state index in [1.54, 1.807) is 7.85 Å². The number of ether oxygens (including phenoxy) is 1. The van der Waals surface area contributed by atoms with Gasteiger partial charge in [-0.05, 0) is 16.7 Å². The Hall–Kier alpha value is -2.69. The van der Waals surface area contributed by atoms with Gasteiger partial charge in [0.05, 0.1) is 5.56 Å². The second-order valence-electron chi connectivity index (χ2n) is 7.92. The van der Waals surface area contributed by atoms with E-state index in [9.17, 15) is 49.1 Å². The summed E-state index contributed by atoms with van der Waals surface area (Å²) in [5.41, 5.74) is -6.89. The third-order valence-electron chi connectivity index (χ3n) is 5.25. The first-order valence-electron chi connectivity index (χ1n) is 10.7. The van der Waals surface area contributed by atoms with Crippen LogP contribution >= 0.6 is 0 Å². The summed E-state index contributed by atoms with van der Waals surface area (Å²) in [5, 5.41) is 4.77. The Morgan fingerprint density at radius 1 is 0.811 bits per heavy atom. The van der Waals surface area contributed by atoms with E-state index in [2.05, 4.69) is 15.4 Å². The monoisotopic (exact) mass is 558 g/mol. The van der Waals surface area contributed by atoms with Gasteiger partial charge in [-0.1, -0.05) is 19.0 Å². The molecule has 0 unspecified atom stereocenters. The number of halogens is 6. The van der Waals surface area contributed by atoms with Crippen molar-refractivity contribution in [3.05, 3.63) is 22.3 Å². The van der Waals surface area contributed by atoms with Crippen LogP contribution in [0.2, 0.25) is 0 Å². The average Bonchev–Trinajstić information content (AvgIpc) is 2.69. The van der Waals surface area contributed by atoms with Gasteiger partial charge in [0.2, 0.25) is 11.8 Å². The number of nitrogens with one attached hydrogen (secondary N) is 2. The zero-order valence-corrected chi connectivity index (χ0v) is 21.2. The Bertz CT molecular complexity index is 1130. The molecule has 204 valence electrons. The SMILES string of the molecule is BCc1c(NC(C)=O)c(CB)c(C(=O)OC(CS(=O)(=O)O)(C(F)(F)F)C(F)(F)F)c(CB)c1NC(C)=O. The number of benzene rings is 1. The molecule has 0 heterocycles. The van der Waals surface area contributed by atoms with E-state index in [4.69, 9.17) is 4.55 Å². The van der Waals surface area contributed by atoms with E-state index in [1.165, 1.54) is 15.7 Å². The molecular weight excluding hydrogens is 535 g/mol. The Morgan fingerprint density at radius 3 is 1.41 bits per heavy atom. The number of anilines is 2. The maximum absolute atomic E-state index is 13.8. The van der Waals surface area contributed by atoms with Crippen molar-refractivity contribution in [2.24, 2.45) is 0 Å². The minimum absolute atomic E-state index is 0.109. The minimum atomic E-state index is -6.53. The molecule has 0 fully saturated rings. The fourth-order valence-electron chi connectivity index (χ4n) is 3.82. The molecule has 0 bridgehead atoms. The summed E-state index contributed by atoms with van der Waals surface area (Å²) in [6, 6.07) is 0. The lowest BCUT2D eigenvalue weighted by Gasteiger charge is -2.36. The van der Waals surface area contributed by atoms with Gasteiger partial charge in [-0.3, -0.25) is 14.1 Å². The van der Waals surface area contributed by atoms with Crippen LogP contribution in [-0.4, -0.2) is 78.0 Å². The standard InChI is InChI=1S/C18H23B3F6N2O7S/c1-7(30)28-13-9(3-19)12(10(4-20)14(11(13)5-21)29-8(2)31)15(32)36-16(17(22,23)24,18(25,26)27)6-37(33,34)35/h3-6,19-21H2,1-2H3,(H,28,30)(H,29,31)(H,33,34,35). The van der Waals surface area contributed by atoms with Crippen LogP contribution < -0.4 is 10.6 Å². The average molecular weight is 558 g/mol. The van der Waals surface area contributed by atoms with Gasteiger partial charge in [-0.25, -0.2) is 4.79 Å². The minimum Gasteiger partial charge on any atom is -0.435 e. The molecule has 1 aromatic carbocycles. The van der Waals surface area contributed by atoms with Crippen LogP contribution in [0.5, 0.6) is 0 Å². The number of esters is 1. The highest BCUT2D eigenvalue weighted by Crippen LogP contribution is 2.48. The lowest BCUT2D eigenvalue weighted by atomic mass is 9.78. The van der Waals surface area contributed by atoms with Gasteiger partial charge in [0, 0.05) is 25.2 Å². The number of carbonyl (C=O) groups is 3. The summed E-state index contributed by atoms with van der Waals surface area (Å²) in [7, 11) is -1.61. The number of hydrogen-bond acceptors (Lipinski definition) is 6. The maximum atomic E-state index is 13.8. The Labute approximate surface area is 211 Å². The fraction of sp³-hybridized carbons (Fsp3) is 0.500. The molecular formula is C18H23B3F6N2O7S. The molecule has 0 radical (unpaired) electrons. The van der Waals surface area contributed by atoms with E-state index >= 15 is 0 Å². The Balaban J connectivity index is 4.19. The molecule has 9 nitrogen and oxygen atoms in total. The normalized spacial score (nSPS) is 12.7. The van der Waals surface area contributed by atoms with E-state index in [0.29, 0.717) is 0 Å². The summed E-state index contributed by atoms with van der Waals surface area (Å²) < 4.78 is 118. The highest BCUT2D eigenvalue weighted by molar-refractivity contribution is 7.85. The summed E-state index contributed by atoms with van der Waals surface area (Å²) in [5.74, 6) is -6.68. The zero-order chi connectivity index (χ0) is 29.1. The van der Waals surface area contributed by atoms with Crippen molar-refractivity contribution in [3.8, 4) is 0 Å². The van der Waals surface area contributed by atoms with Crippen molar-refractivity contribution < 1.29 is 58.4 Å². The second kappa shape index (κ2) is 11.4. The van der Waals surface area contributed by atoms with E-state index in [-0.39, 0.29) is 47.0 Å². The van der Waals surface area contributed by atoms with Crippen LogP contribution in [0.4, 0.5) is 37.7 Å². The second-order valence-corrected chi connectivity index (χ2v) is 9.37. The van der Waals surface area contributed by atoms with Crippen LogP contribution in [0.15, 0.2) is 0 Å². The number of rotatable bonds is 9. The van der Waals surface area contributed by atoms with E-state index in [1.807, 2.05) is 0 Å². The van der Waals surface area contributed by atoms with Gasteiger partial charge in [0.15, 0.2) is 0 Å². The Morgan fingerprint density at radius 2 is 1.16 bits per heavy atom. The fourth-order valence-corrected chi connectivity index (χ4v) is 4.72. The third-order valence-corrected chi connectivity index (χ3v) is 6.02. The summed E-state index contributed by atoms with van der Waals surface area (Å²) in [6.07, 6.45) is -13.4. The number of hydrogen-bond donors (Lipinski definition) is 3. The lowest BCUT2D eigenvalue weighted by Crippen LogP contribution is -2.63. The maximum Gasteiger partial charge on any atom is 0.438 e. The number of carbonyl (C=O) groups excluding carboxylic acids is 3. The quantitative estimate of drug-likeness (QED) is 0.167. The number of amides is 2. The largest absolute Gasteiger partial charge is 0.438 e. The number of alkyl halides is 6. The molecule has 0 spiro atoms. The molecule has 1 aromatic rings. The van der Waals surface area contributed by atoms with Crippen molar-refractivity contribution in [3.63, 3.8) is 0 Å². The topological polar surface area (TPSA) is 139 Å². The highest BCUT2D eigenvalue weighted by atomic mass is 32.2. The molecule has 0 aliphatic rings. The molecule has 1 rings (SSSR count). The molecule has 0 aliphatic heterocycles. The van der Waals surface area contributed by atoms with Crippen molar-refractivity contribution >= 4 is 62.8 Å². The van der Waals surface area contributed by atoms with Crippen LogP contribution in [-0.2, 0) is 43.4 Å². The summed E-state index contributed by atoms with van der Waals surface area (Å²) >= 11 is 0. The van der Waals surface area contributed by atoms with Crippen LogP contribution in [0.3, 0.4) is 0 Å². The lowest BCUT2D eigenvalue weighted by molar-refractivity contribution is -0.356. The highest BCUT2D eigenvalue weighted by Gasteiger charge is 2.76. The van der Waals surface area contributed by atoms with Crippen molar-refractivity contribution in [1.29, 1.82) is 0 Å². The summed E-state index contributed by atoms with van der Waals surface area (Å²) in [6.45, 7) is 2.13. The molecule has 37 heavy (non-hydrogen) atoms.